The van der Waals surface area contributed by atoms with E-state index in [9.17, 15) is 0 Å². The fourth-order valence-corrected chi connectivity index (χ4v) is 1.62. The van der Waals surface area contributed by atoms with Crippen LogP contribution in [0.1, 0.15) is 18.5 Å². The van der Waals surface area contributed by atoms with Gasteiger partial charge in [-0.15, -0.1) is 0 Å². The van der Waals surface area contributed by atoms with Crippen LogP contribution in [0.25, 0.3) is 0 Å². The van der Waals surface area contributed by atoms with Crippen LogP contribution in [-0.2, 0) is 0 Å². The van der Waals surface area contributed by atoms with Crippen LogP contribution >= 0.6 is 0 Å². The van der Waals surface area contributed by atoms with E-state index >= 15 is 0 Å². The average Bonchev–Trinajstić information content (AvgIpc) is 2.29. The molecule has 16 heavy (non-hydrogen) atoms. The molecule has 1 aliphatic heterocycles. The molecule has 0 saturated carbocycles. The van der Waals surface area contributed by atoms with E-state index in [2.05, 4.69) is 15.3 Å². The molecule has 5 nitrogen and oxygen atoms in total. The molecule has 0 amide bonds. The number of nitrogens with two attached hydrogens (primary N) is 2. The summed E-state index contributed by atoms with van der Waals surface area (Å²) < 4.78 is 0. The van der Waals surface area contributed by atoms with Gasteiger partial charge < -0.3 is 11.1 Å². The second-order valence-corrected chi connectivity index (χ2v) is 3.82. The molecule has 0 aromatic carbocycles. The Bertz CT molecular complexity index is 425. The molecule has 0 aliphatic carbocycles. The first-order chi connectivity index (χ1) is 7.62. The number of aromatic nitrogens is 1. The topological polar surface area (TPSA) is 89.3 Å². The molecule has 2 rings (SSSR count). The Morgan fingerprint density at radius 3 is 2.88 bits per heavy atom. The van der Waals surface area contributed by atoms with Crippen molar-refractivity contribution in [3.8, 4) is 0 Å². The largest absolute Gasteiger partial charge is 0.384 e. The van der Waals surface area contributed by atoms with Gasteiger partial charge >= 0.3 is 0 Å². The van der Waals surface area contributed by atoms with Gasteiger partial charge in [-0.05, 0) is 18.2 Å². The van der Waals surface area contributed by atoms with Gasteiger partial charge in [0, 0.05) is 18.1 Å². The van der Waals surface area contributed by atoms with Gasteiger partial charge in [-0.2, -0.15) is 0 Å². The van der Waals surface area contributed by atoms with Gasteiger partial charge in [0.1, 0.15) is 5.84 Å². The fraction of sp³-hybridized carbons (Fsp3) is 0.273. The van der Waals surface area contributed by atoms with Gasteiger partial charge in [0.2, 0.25) is 0 Å². The normalized spacial score (nSPS) is 25.8. The summed E-state index contributed by atoms with van der Waals surface area (Å²) in [6.45, 7) is 1.96. The Hall–Kier alpha value is -1.88. The molecule has 0 radical (unpaired) electrons. The summed E-state index contributed by atoms with van der Waals surface area (Å²) in [5.74, 6) is -0.575. The zero-order valence-electron chi connectivity index (χ0n) is 9.09. The number of hydrogen-bond donors (Lipinski definition) is 3. The lowest BCUT2D eigenvalue weighted by Gasteiger charge is -2.33. The smallest absolute Gasteiger partial charge is 0.192 e. The van der Waals surface area contributed by atoms with Gasteiger partial charge in [0.15, 0.2) is 5.79 Å². The summed E-state index contributed by atoms with van der Waals surface area (Å²) >= 11 is 0. The lowest BCUT2D eigenvalue weighted by Crippen LogP contribution is -2.56. The Kier molecular flexibility index (Phi) is 2.62. The second kappa shape index (κ2) is 3.94. The van der Waals surface area contributed by atoms with Crippen LogP contribution in [0.5, 0.6) is 0 Å². The van der Waals surface area contributed by atoms with Crippen LogP contribution in [0.4, 0.5) is 0 Å². The van der Waals surface area contributed by atoms with Crippen molar-refractivity contribution in [1.82, 2.24) is 10.3 Å². The van der Waals surface area contributed by atoms with E-state index in [4.69, 9.17) is 11.5 Å². The van der Waals surface area contributed by atoms with E-state index in [0.717, 1.165) is 5.69 Å². The van der Waals surface area contributed by atoms with E-state index in [0.29, 0.717) is 5.84 Å². The number of hydrogen-bond acceptors (Lipinski definition) is 5. The van der Waals surface area contributed by atoms with Crippen LogP contribution in [0.2, 0.25) is 0 Å². The number of aliphatic imine (C=N–C) groups is 1. The molecule has 84 valence electrons. The quantitative estimate of drug-likeness (QED) is 0.663. The van der Waals surface area contributed by atoms with E-state index in [1.807, 2.05) is 25.1 Å². The van der Waals surface area contributed by atoms with Crippen LogP contribution < -0.4 is 16.8 Å². The highest BCUT2D eigenvalue weighted by Crippen LogP contribution is 2.24. The summed E-state index contributed by atoms with van der Waals surface area (Å²) in [5, 5.41) is 3.01. The molecule has 0 spiro atoms. The van der Waals surface area contributed by atoms with Crippen molar-refractivity contribution in [2.75, 3.05) is 0 Å². The van der Waals surface area contributed by atoms with Crippen molar-refractivity contribution in [2.45, 2.75) is 18.6 Å². The first kappa shape index (κ1) is 10.6. The minimum atomic E-state index is -0.923. The Morgan fingerprint density at radius 1 is 1.44 bits per heavy atom. The Morgan fingerprint density at radius 2 is 2.25 bits per heavy atom. The molecule has 1 aromatic rings. The zero-order valence-corrected chi connectivity index (χ0v) is 9.09. The van der Waals surface area contributed by atoms with Crippen molar-refractivity contribution in [1.29, 1.82) is 0 Å². The SMILES string of the molecule is CC(c1ccccn1)C1(N)N=C(N)C=CN1. The Labute approximate surface area is 94.3 Å². The van der Waals surface area contributed by atoms with Crippen LogP contribution in [-0.4, -0.2) is 16.6 Å². The molecular formula is C11H15N5. The van der Waals surface area contributed by atoms with Crippen molar-refractivity contribution in [3.63, 3.8) is 0 Å². The fourth-order valence-electron chi connectivity index (χ4n) is 1.62. The standard InChI is InChI=1S/C11H15N5/c1-8(9-4-2-3-6-14-9)11(13)15-7-5-10(12)16-11/h2-8,15H,13H2,1H3,(H2,12,16). The van der Waals surface area contributed by atoms with Crippen LogP contribution in [0.15, 0.2) is 41.7 Å². The lowest BCUT2D eigenvalue weighted by atomic mass is 9.98. The first-order valence-electron chi connectivity index (χ1n) is 5.11. The molecule has 5 heteroatoms. The van der Waals surface area contributed by atoms with Crippen LogP contribution in [0.3, 0.4) is 0 Å². The van der Waals surface area contributed by atoms with E-state index in [-0.39, 0.29) is 5.92 Å². The van der Waals surface area contributed by atoms with Crippen molar-refractivity contribution in [3.05, 3.63) is 42.4 Å². The maximum atomic E-state index is 6.16. The van der Waals surface area contributed by atoms with Gasteiger partial charge in [-0.25, -0.2) is 4.99 Å². The molecule has 2 heterocycles. The molecule has 0 saturated heterocycles. The summed E-state index contributed by atoms with van der Waals surface area (Å²) in [5.41, 5.74) is 12.7. The number of nitrogens with one attached hydrogen (secondary N) is 1. The molecule has 2 unspecified atom stereocenters. The Balaban J connectivity index is 2.29. The molecule has 0 fully saturated rings. The van der Waals surface area contributed by atoms with E-state index < -0.39 is 5.79 Å². The number of nitrogens with zero attached hydrogens (tertiary/aromatic N) is 2. The highest BCUT2D eigenvalue weighted by molar-refractivity contribution is 5.92. The molecule has 0 bridgehead atoms. The molecular weight excluding hydrogens is 202 g/mol. The highest BCUT2D eigenvalue weighted by atomic mass is 15.3. The maximum absolute atomic E-state index is 6.16. The summed E-state index contributed by atoms with van der Waals surface area (Å²) in [4.78, 5) is 8.49. The highest BCUT2D eigenvalue weighted by Gasteiger charge is 2.33. The maximum Gasteiger partial charge on any atom is 0.192 e. The van der Waals surface area contributed by atoms with Crippen LogP contribution in [0, 0.1) is 0 Å². The molecule has 1 aliphatic rings. The van der Waals surface area contributed by atoms with Gasteiger partial charge in [-0.3, -0.25) is 10.7 Å². The molecule has 5 N–H and O–H groups in total. The number of amidine groups is 1. The van der Waals surface area contributed by atoms with Crippen molar-refractivity contribution >= 4 is 5.84 Å². The lowest BCUT2D eigenvalue weighted by molar-refractivity contribution is 0.327. The first-order valence-corrected chi connectivity index (χ1v) is 5.11. The van der Waals surface area contributed by atoms with Gasteiger partial charge in [0.25, 0.3) is 0 Å². The second-order valence-electron chi connectivity index (χ2n) is 3.82. The summed E-state index contributed by atoms with van der Waals surface area (Å²) in [6, 6.07) is 5.71. The van der Waals surface area contributed by atoms with Crippen molar-refractivity contribution < 1.29 is 0 Å². The third kappa shape index (κ3) is 1.90. The van der Waals surface area contributed by atoms with Gasteiger partial charge in [0.05, 0.1) is 5.92 Å². The third-order valence-corrected chi connectivity index (χ3v) is 2.67. The number of rotatable bonds is 2. The predicted octanol–water partition coefficient (Wildman–Crippen LogP) is 0.272. The molecule has 2 atom stereocenters. The summed E-state index contributed by atoms with van der Waals surface area (Å²) in [7, 11) is 0. The summed E-state index contributed by atoms with van der Waals surface area (Å²) in [6.07, 6.45) is 5.12. The average molecular weight is 217 g/mol. The predicted molar refractivity (Wildman–Crippen MR) is 63.5 cm³/mol. The monoisotopic (exact) mass is 217 g/mol. The van der Waals surface area contributed by atoms with Gasteiger partial charge in [-0.1, -0.05) is 13.0 Å². The number of pyridine rings is 1. The van der Waals surface area contributed by atoms with E-state index in [1.165, 1.54) is 0 Å². The minimum Gasteiger partial charge on any atom is -0.384 e. The zero-order chi connectivity index (χ0) is 11.6. The molecule has 1 aromatic heterocycles. The van der Waals surface area contributed by atoms with Crippen molar-refractivity contribution in [2.24, 2.45) is 16.5 Å². The minimum absolute atomic E-state index is 0.0720. The third-order valence-electron chi connectivity index (χ3n) is 2.67. The van der Waals surface area contributed by atoms with E-state index in [1.54, 1.807) is 18.5 Å².